The maximum Gasteiger partial charge on any atom is 0.258 e. The fourth-order valence-electron chi connectivity index (χ4n) is 4.05. The van der Waals surface area contributed by atoms with Gasteiger partial charge in [-0.3, -0.25) is 9.89 Å². The molecule has 1 aliphatic rings. The molecule has 1 aliphatic heterocycles. The molecule has 0 aliphatic carbocycles. The number of nitrogens with one attached hydrogen (secondary N) is 3. The molecule has 5 rings (SSSR count). The van der Waals surface area contributed by atoms with E-state index in [-0.39, 0.29) is 18.6 Å². The molecule has 0 saturated heterocycles. The first-order valence-corrected chi connectivity index (χ1v) is 12.5. The van der Waals surface area contributed by atoms with E-state index >= 15 is 0 Å². The number of amides is 1. The van der Waals surface area contributed by atoms with Crippen LogP contribution in [0.15, 0.2) is 60.9 Å². The normalized spacial score (nSPS) is 13.5. The lowest BCUT2D eigenvalue weighted by atomic mass is 10.1. The third-order valence-corrected chi connectivity index (χ3v) is 6.28. The van der Waals surface area contributed by atoms with E-state index < -0.39 is 0 Å². The number of carbonyl (C=O) groups is 1. The Morgan fingerprint density at radius 2 is 2.00 bits per heavy atom. The fraction of sp³-hybridized carbons (Fsp3) is 0.286. The van der Waals surface area contributed by atoms with Crippen LogP contribution in [-0.4, -0.2) is 45.3 Å². The standard InChI is InChI=1S/C28H30N6O3/c1-3-18(2)31-26(35)17-37-23-6-4-5-20(13-23)27-33-25-11-12-36-16-24(25)28(34-27)32-22-9-7-19(8-10-22)21-14-29-30-15-21/h4-10,13-15,18H,3,11-12,16-17H2,1-2H3,(H,29,30)(H,31,35)(H,32,33,34). The molecular formula is C28H30N6O3. The molecule has 9 heteroatoms. The summed E-state index contributed by atoms with van der Waals surface area (Å²) in [5.74, 6) is 1.75. The van der Waals surface area contributed by atoms with Crippen LogP contribution in [0.4, 0.5) is 11.5 Å². The van der Waals surface area contributed by atoms with Crippen molar-refractivity contribution in [1.82, 2.24) is 25.5 Å². The van der Waals surface area contributed by atoms with Crippen molar-refractivity contribution in [2.45, 2.75) is 39.3 Å². The molecule has 0 radical (unpaired) electrons. The molecule has 0 fully saturated rings. The Morgan fingerprint density at radius 3 is 2.78 bits per heavy atom. The number of hydrogen-bond acceptors (Lipinski definition) is 7. The minimum atomic E-state index is -0.143. The Bertz CT molecular complexity index is 1360. The maximum atomic E-state index is 12.1. The van der Waals surface area contributed by atoms with E-state index in [1.165, 1.54) is 0 Å². The van der Waals surface area contributed by atoms with Crippen molar-refractivity contribution in [2.24, 2.45) is 0 Å². The van der Waals surface area contributed by atoms with Crippen LogP contribution in [0.5, 0.6) is 5.75 Å². The Labute approximate surface area is 215 Å². The van der Waals surface area contributed by atoms with Gasteiger partial charge >= 0.3 is 0 Å². The molecule has 37 heavy (non-hydrogen) atoms. The molecule has 3 heterocycles. The summed E-state index contributed by atoms with van der Waals surface area (Å²) in [5, 5.41) is 13.2. The van der Waals surface area contributed by atoms with Crippen LogP contribution < -0.4 is 15.4 Å². The van der Waals surface area contributed by atoms with E-state index in [0.29, 0.717) is 31.2 Å². The third-order valence-electron chi connectivity index (χ3n) is 6.28. The number of rotatable bonds is 9. The monoisotopic (exact) mass is 498 g/mol. The highest BCUT2D eigenvalue weighted by molar-refractivity contribution is 5.78. The molecule has 0 saturated carbocycles. The summed E-state index contributed by atoms with van der Waals surface area (Å²) in [5.41, 5.74) is 5.75. The van der Waals surface area contributed by atoms with Crippen LogP contribution in [0, 0.1) is 0 Å². The van der Waals surface area contributed by atoms with E-state index in [4.69, 9.17) is 19.4 Å². The summed E-state index contributed by atoms with van der Waals surface area (Å²) in [6.45, 7) is 5.03. The second-order valence-corrected chi connectivity index (χ2v) is 9.01. The highest BCUT2D eigenvalue weighted by atomic mass is 16.5. The molecule has 1 amide bonds. The average molecular weight is 499 g/mol. The van der Waals surface area contributed by atoms with Gasteiger partial charge in [-0.1, -0.05) is 31.2 Å². The van der Waals surface area contributed by atoms with Crippen molar-refractivity contribution in [3.05, 3.63) is 72.2 Å². The Kier molecular flexibility index (Phi) is 7.41. The zero-order valence-corrected chi connectivity index (χ0v) is 21.0. The number of carbonyl (C=O) groups excluding carboxylic acids is 1. The number of aromatic amines is 1. The van der Waals surface area contributed by atoms with Gasteiger partial charge in [-0.05, 0) is 43.2 Å². The summed E-state index contributed by atoms with van der Waals surface area (Å²) in [4.78, 5) is 21.8. The lowest BCUT2D eigenvalue weighted by Gasteiger charge is -2.20. The highest BCUT2D eigenvalue weighted by Gasteiger charge is 2.20. The van der Waals surface area contributed by atoms with Crippen molar-refractivity contribution >= 4 is 17.4 Å². The molecule has 0 bridgehead atoms. The van der Waals surface area contributed by atoms with Crippen LogP contribution in [0.25, 0.3) is 22.5 Å². The van der Waals surface area contributed by atoms with Gasteiger partial charge in [0, 0.05) is 41.0 Å². The number of anilines is 2. The van der Waals surface area contributed by atoms with Gasteiger partial charge in [-0.2, -0.15) is 5.10 Å². The van der Waals surface area contributed by atoms with Crippen LogP contribution in [0.2, 0.25) is 0 Å². The molecule has 9 nitrogen and oxygen atoms in total. The van der Waals surface area contributed by atoms with Crippen LogP contribution in [0.1, 0.15) is 31.5 Å². The summed E-state index contributed by atoms with van der Waals surface area (Å²) in [6, 6.07) is 15.7. The minimum absolute atomic E-state index is 0.0439. The van der Waals surface area contributed by atoms with Gasteiger partial charge in [-0.25, -0.2) is 9.97 Å². The van der Waals surface area contributed by atoms with Crippen LogP contribution in [-0.2, 0) is 22.6 Å². The van der Waals surface area contributed by atoms with Crippen LogP contribution >= 0.6 is 0 Å². The molecule has 4 aromatic rings. The van der Waals surface area contributed by atoms with Crippen molar-refractivity contribution in [3.8, 4) is 28.3 Å². The molecule has 1 unspecified atom stereocenters. The third kappa shape index (κ3) is 5.95. The average Bonchev–Trinajstić information content (AvgIpc) is 3.47. The quantitative estimate of drug-likeness (QED) is 0.308. The van der Waals surface area contributed by atoms with Crippen molar-refractivity contribution in [3.63, 3.8) is 0 Å². The van der Waals surface area contributed by atoms with Crippen molar-refractivity contribution in [2.75, 3.05) is 18.5 Å². The van der Waals surface area contributed by atoms with Gasteiger partial charge in [0.2, 0.25) is 0 Å². The van der Waals surface area contributed by atoms with Gasteiger partial charge in [0.15, 0.2) is 12.4 Å². The number of nitrogens with zero attached hydrogens (tertiary/aromatic N) is 3. The first-order valence-electron chi connectivity index (χ1n) is 12.5. The van der Waals surface area contributed by atoms with Gasteiger partial charge in [0.05, 0.1) is 25.1 Å². The Hall–Kier alpha value is -4.24. The van der Waals surface area contributed by atoms with E-state index in [1.54, 1.807) is 6.20 Å². The van der Waals surface area contributed by atoms with Crippen molar-refractivity contribution in [1.29, 1.82) is 0 Å². The number of ether oxygens (including phenoxy) is 2. The highest BCUT2D eigenvalue weighted by Crippen LogP contribution is 2.30. The van der Waals surface area contributed by atoms with Gasteiger partial charge in [0.25, 0.3) is 5.91 Å². The largest absolute Gasteiger partial charge is 0.484 e. The molecule has 3 N–H and O–H groups in total. The second-order valence-electron chi connectivity index (χ2n) is 9.01. The van der Waals surface area contributed by atoms with Crippen LogP contribution in [0.3, 0.4) is 0 Å². The van der Waals surface area contributed by atoms with Gasteiger partial charge in [-0.15, -0.1) is 0 Å². The van der Waals surface area contributed by atoms with Gasteiger partial charge < -0.3 is 20.1 Å². The number of H-pyrrole nitrogens is 1. The summed E-state index contributed by atoms with van der Waals surface area (Å²) >= 11 is 0. The first kappa shape index (κ1) is 24.5. The SMILES string of the molecule is CCC(C)NC(=O)COc1cccc(-c2nc3c(c(Nc4ccc(-c5cn[nH]c5)cc4)n2)COCC3)c1. The van der Waals surface area contributed by atoms with E-state index in [1.807, 2.05) is 68.6 Å². The molecule has 1 atom stereocenters. The fourth-order valence-corrected chi connectivity index (χ4v) is 4.05. The second kappa shape index (κ2) is 11.2. The summed E-state index contributed by atoms with van der Waals surface area (Å²) in [6.07, 6.45) is 5.24. The number of aromatic nitrogens is 4. The topological polar surface area (TPSA) is 114 Å². The molecule has 2 aromatic heterocycles. The van der Waals surface area contributed by atoms with E-state index in [0.717, 1.165) is 45.9 Å². The maximum absolute atomic E-state index is 12.1. The summed E-state index contributed by atoms with van der Waals surface area (Å²) < 4.78 is 11.5. The van der Waals surface area contributed by atoms with Gasteiger partial charge in [0.1, 0.15) is 11.6 Å². The minimum Gasteiger partial charge on any atom is -0.484 e. The molecule has 0 spiro atoms. The smallest absolute Gasteiger partial charge is 0.258 e. The van der Waals surface area contributed by atoms with Crippen molar-refractivity contribution < 1.29 is 14.3 Å². The zero-order valence-electron chi connectivity index (χ0n) is 21.0. The van der Waals surface area contributed by atoms with E-state index in [9.17, 15) is 4.79 Å². The first-order chi connectivity index (χ1) is 18.1. The summed E-state index contributed by atoms with van der Waals surface area (Å²) in [7, 11) is 0. The number of hydrogen-bond donors (Lipinski definition) is 3. The zero-order chi connectivity index (χ0) is 25.6. The number of benzene rings is 2. The molecular weight excluding hydrogens is 468 g/mol. The van der Waals surface area contributed by atoms with E-state index in [2.05, 4.69) is 20.8 Å². The predicted octanol–water partition coefficient (Wildman–Crippen LogP) is 4.64. The molecule has 190 valence electrons. The Balaban J connectivity index is 1.37. The Morgan fingerprint density at radius 1 is 1.14 bits per heavy atom. The number of fused-ring (bicyclic) bond motifs is 1. The molecule has 2 aromatic carbocycles. The predicted molar refractivity (Wildman–Crippen MR) is 142 cm³/mol. The lowest BCUT2D eigenvalue weighted by molar-refractivity contribution is -0.123. The lowest BCUT2D eigenvalue weighted by Crippen LogP contribution is -2.35.